The molecule has 0 spiro atoms. The van der Waals surface area contributed by atoms with Crippen molar-refractivity contribution in [2.75, 3.05) is 0 Å². The van der Waals surface area contributed by atoms with Gasteiger partial charge in [-0.2, -0.15) is 0 Å². The van der Waals surface area contributed by atoms with Gasteiger partial charge in [0.15, 0.2) is 0 Å². The number of aldehydes is 1. The molecule has 2 aromatic rings. The number of hydrogen-bond donors (Lipinski definition) is 0. The van der Waals surface area contributed by atoms with Crippen LogP contribution in [0.1, 0.15) is 10.4 Å². The van der Waals surface area contributed by atoms with Gasteiger partial charge in [-0.25, -0.2) is 0 Å². The van der Waals surface area contributed by atoms with Crippen molar-refractivity contribution in [2.24, 2.45) is 0 Å². The van der Waals surface area contributed by atoms with E-state index in [-0.39, 0.29) is 5.56 Å². The zero-order valence-corrected chi connectivity index (χ0v) is 12.2. The molecule has 0 radical (unpaired) electrons. The van der Waals surface area contributed by atoms with Gasteiger partial charge in [0.2, 0.25) is 0 Å². The van der Waals surface area contributed by atoms with E-state index in [1.807, 2.05) is 8.57 Å². The number of imidazole rings is 1. The summed E-state index contributed by atoms with van der Waals surface area (Å²) in [7, 11) is 0. The second kappa shape index (κ2) is 4.21. The van der Waals surface area contributed by atoms with Crippen molar-refractivity contribution in [1.29, 1.82) is 0 Å². The standard InChI is InChI=1S/C10H7FN2O.Tl/c11-9-3-1-2-7(8(9)5-14)10-4-12-6-13-10;/h1-6H,(H,12,13,14);/q;+1/p-1. The fourth-order valence-corrected chi connectivity index (χ4v) is 2.16. The van der Waals surface area contributed by atoms with Crippen LogP contribution in [0.15, 0.2) is 30.7 Å². The van der Waals surface area contributed by atoms with Crippen molar-refractivity contribution in [2.45, 2.75) is 0 Å². The van der Waals surface area contributed by atoms with Crippen LogP contribution in [0, 0.1) is 5.82 Å². The predicted octanol–water partition coefficient (Wildman–Crippen LogP) is 1.43. The van der Waals surface area contributed by atoms with Gasteiger partial charge in [0, 0.05) is 0 Å². The first kappa shape index (κ1) is 10.5. The van der Waals surface area contributed by atoms with Crippen molar-refractivity contribution in [3.8, 4) is 11.3 Å². The van der Waals surface area contributed by atoms with Gasteiger partial charge in [-0.3, -0.25) is 0 Å². The minimum absolute atomic E-state index is 0.0706. The first-order valence-electron chi connectivity index (χ1n) is 4.25. The third-order valence-corrected chi connectivity index (χ3v) is 3.15. The van der Waals surface area contributed by atoms with E-state index in [0.29, 0.717) is 43.6 Å². The molecule has 0 fully saturated rings. The molecule has 1 aromatic heterocycles. The fraction of sp³-hybridized carbons (Fsp3) is 0. The molecule has 1 heterocycles. The number of carbonyl (C=O) groups is 1. The van der Waals surface area contributed by atoms with Crippen LogP contribution in [0.4, 0.5) is 4.39 Å². The first-order chi connectivity index (χ1) is 7.22. The molecule has 1 aromatic carbocycles. The Morgan fingerprint density at radius 2 is 2.27 bits per heavy atom. The summed E-state index contributed by atoms with van der Waals surface area (Å²) in [6.45, 7) is 0. The van der Waals surface area contributed by atoms with Crippen molar-refractivity contribution < 1.29 is 9.18 Å². The molecule has 0 saturated carbocycles. The Morgan fingerprint density at radius 3 is 2.87 bits per heavy atom. The zero-order valence-electron chi connectivity index (χ0n) is 7.72. The van der Waals surface area contributed by atoms with Gasteiger partial charge in [-0.1, -0.05) is 0 Å². The Hall–Kier alpha value is -1.05. The molecule has 0 saturated heterocycles. The van der Waals surface area contributed by atoms with Gasteiger partial charge in [0.1, 0.15) is 0 Å². The van der Waals surface area contributed by atoms with Crippen LogP contribution < -0.4 is 0 Å². The molecule has 0 amide bonds. The number of rotatable bonds is 2. The van der Waals surface area contributed by atoms with Gasteiger partial charge in [0.05, 0.1) is 0 Å². The van der Waals surface area contributed by atoms with E-state index >= 15 is 0 Å². The topological polar surface area (TPSA) is 34.9 Å². The first-order valence-corrected chi connectivity index (χ1v) is 6.26. The third-order valence-electron chi connectivity index (χ3n) is 2.05. The Kier molecular flexibility index (Phi) is 2.94. The average molecular weight is 394 g/mol. The van der Waals surface area contributed by atoms with Crippen LogP contribution >= 0.6 is 0 Å². The van der Waals surface area contributed by atoms with Crippen molar-refractivity contribution in [1.82, 2.24) is 7.36 Å². The summed E-state index contributed by atoms with van der Waals surface area (Å²) < 4.78 is 15.2. The third kappa shape index (κ3) is 1.99. The normalized spacial score (nSPS) is 10.1. The maximum atomic E-state index is 13.3. The van der Waals surface area contributed by atoms with E-state index in [1.54, 1.807) is 18.5 Å². The number of aromatic nitrogens is 2. The molecule has 2 rings (SSSR count). The molecule has 0 aliphatic rings. The summed E-state index contributed by atoms with van der Waals surface area (Å²) in [5.74, 6) is -0.507. The monoisotopic (exact) mass is 394 g/mol. The van der Waals surface area contributed by atoms with E-state index in [1.165, 1.54) is 6.07 Å². The molecule has 3 nitrogen and oxygen atoms in total. The number of benzene rings is 1. The van der Waals surface area contributed by atoms with E-state index < -0.39 is 5.82 Å². The van der Waals surface area contributed by atoms with Crippen molar-refractivity contribution in [3.05, 3.63) is 42.1 Å². The second-order valence-electron chi connectivity index (χ2n) is 3.03. The van der Waals surface area contributed by atoms with Gasteiger partial charge in [0.25, 0.3) is 0 Å². The van der Waals surface area contributed by atoms with Crippen LogP contribution in [0.25, 0.3) is 11.3 Å². The van der Waals surface area contributed by atoms with Crippen LogP contribution in [0.2, 0.25) is 0 Å². The molecule has 5 heteroatoms. The van der Waals surface area contributed by atoms with E-state index in [4.69, 9.17) is 0 Å². The Labute approximate surface area is 102 Å². The van der Waals surface area contributed by atoms with Crippen molar-refractivity contribution >= 4 is 32.4 Å². The summed E-state index contributed by atoms with van der Waals surface area (Å²) in [6, 6.07) is 4.54. The summed E-state index contributed by atoms with van der Waals surface area (Å²) in [4.78, 5) is 14.9. The Bertz CT molecular complexity index is 510. The summed E-state index contributed by atoms with van der Waals surface area (Å²) in [6.07, 6.45) is 4.02. The second-order valence-corrected chi connectivity index (χ2v) is 5.34. The maximum absolute atomic E-state index is 13.3. The van der Waals surface area contributed by atoms with E-state index in [2.05, 4.69) is 4.98 Å². The number of nitrogens with zero attached hydrogens (tertiary/aromatic N) is 2. The molecule has 72 valence electrons. The molecular weight excluding hydrogens is 388 g/mol. The van der Waals surface area contributed by atoms with Crippen LogP contribution in [-0.4, -0.2) is 39.7 Å². The number of halogens is 1. The quantitative estimate of drug-likeness (QED) is 0.572. The number of hydrogen-bond acceptors (Lipinski definition) is 2. The zero-order chi connectivity index (χ0) is 10.8. The van der Waals surface area contributed by atoms with Gasteiger partial charge < -0.3 is 0 Å². The SMILES string of the molecule is O=Cc1c(F)cccc1-c1c[n]([Tl])cn1. The van der Waals surface area contributed by atoms with E-state index in [9.17, 15) is 9.18 Å². The summed E-state index contributed by atoms with van der Waals surface area (Å²) in [5, 5.41) is 0. The molecule has 0 N–H and O–H groups in total. The summed E-state index contributed by atoms with van der Waals surface area (Å²) in [5.41, 5.74) is 1.25. The van der Waals surface area contributed by atoms with Crippen molar-refractivity contribution in [3.63, 3.8) is 0 Å². The van der Waals surface area contributed by atoms with Gasteiger partial charge in [-0.05, 0) is 0 Å². The average Bonchev–Trinajstić information content (AvgIpc) is 2.64. The van der Waals surface area contributed by atoms with Gasteiger partial charge >= 0.3 is 102 Å². The molecular formula is C10H6FN2OTl. The Morgan fingerprint density at radius 1 is 1.47 bits per heavy atom. The molecule has 0 aliphatic heterocycles. The molecule has 0 atom stereocenters. The van der Waals surface area contributed by atoms with Crippen LogP contribution in [0.5, 0.6) is 0 Å². The molecule has 0 aliphatic carbocycles. The predicted molar refractivity (Wildman–Crippen MR) is 54.2 cm³/mol. The molecule has 0 bridgehead atoms. The van der Waals surface area contributed by atoms with Crippen LogP contribution in [-0.2, 0) is 0 Å². The minimum atomic E-state index is -0.507. The Balaban J connectivity index is 2.62. The van der Waals surface area contributed by atoms with Gasteiger partial charge in [-0.15, -0.1) is 0 Å². The molecule has 0 unspecified atom stereocenters. The van der Waals surface area contributed by atoms with Crippen LogP contribution in [0.3, 0.4) is 0 Å². The fourth-order valence-electron chi connectivity index (χ4n) is 1.36. The molecule has 15 heavy (non-hydrogen) atoms. The number of carbonyl (C=O) groups excluding carboxylic acids is 1. The van der Waals surface area contributed by atoms with E-state index in [0.717, 1.165) is 0 Å². The summed E-state index contributed by atoms with van der Waals surface area (Å²) >= 11 is 0.615.